The first kappa shape index (κ1) is 21.9. The van der Waals surface area contributed by atoms with Crippen molar-refractivity contribution in [1.82, 2.24) is 10.2 Å². The SMILES string of the molecule is CCOc1cc([C@@H]2NC(=O)c3c(sc4c3CCN(CC)C4)N2)ccc1OC(=O)c1cccs1. The molecule has 2 aliphatic heterocycles. The van der Waals surface area contributed by atoms with Gasteiger partial charge in [-0.15, -0.1) is 22.7 Å². The van der Waals surface area contributed by atoms with Crippen molar-refractivity contribution in [2.75, 3.05) is 25.0 Å². The second-order valence-electron chi connectivity index (χ2n) is 7.88. The maximum absolute atomic E-state index is 13.1. The monoisotopic (exact) mass is 483 g/mol. The predicted molar refractivity (Wildman–Crippen MR) is 130 cm³/mol. The lowest BCUT2D eigenvalue weighted by Crippen LogP contribution is -2.38. The van der Waals surface area contributed by atoms with Crippen molar-refractivity contribution in [2.24, 2.45) is 0 Å². The first-order valence-electron chi connectivity index (χ1n) is 11.0. The van der Waals surface area contributed by atoms with Gasteiger partial charge in [0.15, 0.2) is 11.5 Å². The second kappa shape index (κ2) is 9.17. The molecule has 0 aliphatic carbocycles. The molecule has 0 saturated carbocycles. The van der Waals surface area contributed by atoms with E-state index in [0.29, 0.717) is 23.0 Å². The molecule has 0 radical (unpaired) electrons. The average molecular weight is 484 g/mol. The molecule has 5 rings (SSSR count). The zero-order chi connectivity index (χ0) is 22.9. The van der Waals surface area contributed by atoms with Crippen LogP contribution >= 0.6 is 22.7 Å². The average Bonchev–Trinajstić information content (AvgIpc) is 3.48. The summed E-state index contributed by atoms with van der Waals surface area (Å²) in [6.45, 7) is 7.34. The number of benzene rings is 1. The van der Waals surface area contributed by atoms with Crippen LogP contribution in [0.1, 0.15) is 56.0 Å². The van der Waals surface area contributed by atoms with E-state index in [0.717, 1.165) is 42.2 Å². The van der Waals surface area contributed by atoms with Crippen molar-refractivity contribution in [3.05, 3.63) is 62.2 Å². The number of ether oxygens (including phenoxy) is 2. The van der Waals surface area contributed by atoms with Crippen LogP contribution in [0.15, 0.2) is 35.7 Å². The zero-order valence-electron chi connectivity index (χ0n) is 18.5. The summed E-state index contributed by atoms with van der Waals surface area (Å²) in [7, 11) is 0. The molecule has 9 heteroatoms. The Morgan fingerprint density at radius 2 is 2.09 bits per heavy atom. The zero-order valence-corrected chi connectivity index (χ0v) is 20.1. The van der Waals surface area contributed by atoms with E-state index in [1.165, 1.54) is 21.8 Å². The van der Waals surface area contributed by atoms with E-state index in [2.05, 4.69) is 22.5 Å². The van der Waals surface area contributed by atoms with Gasteiger partial charge in [0.2, 0.25) is 0 Å². The molecule has 7 nitrogen and oxygen atoms in total. The summed E-state index contributed by atoms with van der Waals surface area (Å²) in [5, 5.41) is 9.32. The van der Waals surface area contributed by atoms with E-state index in [9.17, 15) is 9.59 Å². The molecule has 2 aromatic heterocycles. The Balaban J connectivity index is 1.40. The molecule has 0 unspecified atom stereocenters. The Morgan fingerprint density at radius 3 is 2.85 bits per heavy atom. The van der Waals surface area contributed by atoms with E-state index in [1.54, 1.807) is 23.5 Å². The maximum atomic E-state index is 13.1. The maximum Gasteiger partial charge on any atom is 0.353 e. The summed E-state index contributed by atoms with van der Waals surface area (Å²) in [6.07, 6.45) is 0.502. The van der Waals surface area contributed by atoms with Gasteiger partial charge >= 0.3 is 5.97 Å². The van der Waals surface area contributed by atoms with E-state index in [4.69, 9.17) is 9.47 Å². The van der Waals surface area contributed by atoms with Crippen molar-refractivity contribution in [2.45, 2.75) is 33.0 Å². The largest absolute Gasteiger partial charge is 0.490 e. The van der Waals surface area contributed by atoms with E-state index < -0.39 is 12.1 Å². The van der Waals surface area contributed by atoms with Crippen molar-refractivity contribution >= 4 is 39.6 Å². The number of likely N-dealkylation sites (N-methyl/N-ethyl adjacent to an activating group) is 1. The van der Waals surface area contributed by atoms with Gasteiger partial charge < -0.3 is 20.1 Å². The first-order valence-corrected chi connectivity index (χ1v) is 12.7. The number of nitrogens with one attached hydrogen (secondary N) is 2. The third kappa shape index (κ3) is 4.23. The third-order valence-electron chi connectivity index (χ3n) is 5.89. The summed E-state index contributed by atoms with van der Waals surface area (Å²) < 4.78 is 11.3. The Bertz CT molecular complexity index is 1190. The Hall–Kier alpha value is -2.88. The minimum atomic E-state index is -0.419. The van der Waals surface area contributed by atoms with Crippen LogP contribution in [0, 0.1) is 0 Å². The summed E-state index contributed by atoms with van der Waals surface area (Å²) in [5.41, 5.74) is 2.79. The lowest BCUT2D eigenvalue weighted by Gasteiger charge is -2.28. The summed E-state index contributed by atoms with van der Waals surface area (Å²) in [5.74, 6) is 0.346. The van der Waals surface area contributed by atoms with Crippen LogP contribution in [0.3, 0.4) is 0 Å². The highest BCUT2D eigenvalue weighted by Crippen LogP contribution is 2.41. The number of fused-ring (bicyclic) bond motifs is 3. The molecule has 0 saturated heterocycles. The van der Waals surface area contributed by atoms with Gasteiger partial charge in [0.1, 0.15) is 16.0 Å². The number of thiophene rings is 2. The Morgan fingerprint density at radius 1 is 1.21 bits per heavy atom. The van der Waals surface area contributed by atoms with Gasteiger partial charge in [0, 0.05) is 18.0 Å². The van der Waals surface area contributed by atoms with Gasteiger partial charge in [-0.3, -0.25) is 9.69 Å². The van der Waals surface area contributed by atoms with Gasteiger partial charge in [-0.1, -0.05) is 19.1 Å². The lowest BCUT2D eigenvalue weighted by atomic mass is 10.0. The number of hydrogen-bond acceptors (Lipinski definition) is 8. The normalized spacial score (nSPS) is 17.5. The molecule has 4 heterocycles. The number of amides is 1. The van der Waals surface area contributed by atoms with Crippen LogP contribution < -0.4 is 20.1 Å². The van der Waals surface area contributed by atoms with Gasteiger partial charge in [0.25, 0.3) is 5.91 Å². The molecule has 2 aliphatic rings. The number of esters is 1. The number of carbonyl (C=O) groups is 2. The Labute approximate surface area is 200 Å². The minimum Gasteiger partial charge on any atom is -0.490 e. The molecule has 1 aromatic carbocycles. The van der Waals surface area contributed by atoms with E-state index >= 15 is 0 Å². The molecular weight excluding hydrogens is 458 g/mol. The Kier molecular flexibility index (Phi) is 6.09. The minimum absolute atomic E-state index is 0.0534. The molecule has 0 fully saturated rings. The van der Waals surface area contributed by atoms with Crippen LogP contribution in [-0.2, 0) is 13.0 Å². The van der Waals surface area contributed by atoms with Gasteiger partial charge in [-0.2, -0.15) is 0 Å². The summed E-state index contributed by atoms with van der Waals surface area (Å²) in [6, 6.07) is 8.90. The number of hydrogen-bond donors (Lipinski definition) is 2. The topological polar surface area (TPSA) is 79.9 Å². The van der Waals surface area contributed by atoms with Gasteiger partial charge in [-0.25, -0.2) is 4.79 Å². The van der Waals surface area contributed by atoms with Crippen LogP contribution in [0.5, 0.6) is 11.5 Å². The van der Waals surface area contributed by atoms with Crippen molar-refractivity contribution in [3.63, 3.8) is 0 Å². The smallest absolute Gasteiger partial charge is 0.353 e. The van der Waals surface area contributed by atoms with Gasteiger partial charge in [0.05, 0.1) is 12.2 Å². The highest BCUT2D eigenvalue weighted by Gasteiger charge is 2.33. The van der Waals surface area contributed by atoms with Crippen molar-refractivity contribution in [3.8, 4) is 11.5 Å². The first-order chi connectivity index (χ1) is 16.1. The second-order valence-corrected chi connectivity index (χ2v) is 9.94. The predicted octanol–water partition coefficient (Wildman–Crippen LogP) is 4.66. The van der Waals surface area contributed by atoms with E-state index in [-0.39, 0.29) is 5.91 Å². The molecule has 1 atom stereocenters. The number of rotatable bonds is 6. The number of carbonyl (C=O) groups excluding carboxylic acids is 2. The molecular formula is C24H25N3O4S2. The molecule has 172 valence electrons. The molecule has 2 N–H and O–H groups in total. The fraction of sp³-hybridized carbons (Fsp3) is 0.333. The molecule has 3 aromatic rings. The fourth-order valence-electron chi connectivity index (χ4n) is 4.21. The van der Waals surface area contributed by atoms with Crippen LogP contribution in [-0.4, -0.2) is 36.5 Å². The van der Waals surface area contributed by atoms with Crippen LogP contribution in [0.2, 0.25) is 0 Å². The summed E-state index contributed by atoms with van der Waals surface area (Å²) >= 11 is 3.00. The molecule has 0 bridgehead atoms. The molecule has 33 heavy (non-hydrogen) atoms. The third-order valence-corrected chi connectivity index (χ3v) is 7.88. The highest BCUT2D eigenvalue weighted by molar-refractivity contribution is 7.16. The van der Waals surface area contributed by atoms with Gasteiger partial charge in [-0.05, 0) is 54.6 Å². The molecule has 0 spiro atoms. The summed E-state index contributed by atoms with van der Waals surface area (Å²) in [4.78, 5) is 29.6. The quantitative estimate of drug-likeness (QED) is 0.392. The number of anilines is 1. The molecule has 1 amide bonds. The lowest BCUT2D eigenvalue weighted by molar-refractivity contribution is 0.0733. The number of nitrogens with zero attached hydrogens (tertiary/aromatic N) is 1. The fourth-order valence-corrected chi connectivity index (χ4v) is 6.12. The van der Waals surface area contributed by atoms with Crippen LogP contribution in [0.4, 0.5) is 5.00 Å². The van der Waals surface area contributed by atoms with Crippen LogP contribution in [0.25, 0.3) is 0 Å². The van der Waals surface area contributed by atoms with Crippen molar-refractivity contribution < 1.29 is 19.1 Å². The standard InChI is InChI=1S/C24H25N3O4S2/c1-3-27-10-9-15-19(13-27)33-23-20(15)22(28)25-21(26-23)14-7-8-16(17(12-14)30-4-2)31-24(29)18-6-5-11-32-18/h5-8,11-12,21,26H,3-4,9-10,13H2,1-2H3,(H,25,28)/t21-/m1/s1. The highest BCUT2D eigenvalue weighted by atomic mass is 32.1. The van der Waals surface area contributed by atoms with E-state index in [1.807, 2.05) is 30.5 Å². The van der Waals surface area contributed by atoms with Crippen molar-refractivity contribution in [1.29, 1.82) is 0 Å².